The van der Waals surface area contributed by atoms with E-state index in [0.717, 1.165) is 30.4 Å². The van der Waals surface area contributed by atoms with Crippen molar-refractivity contribution in [2.75, 3.05) is 23.3 Å². The smallest absolute Gasteiger partial charge is 0.171 e. The summed E-state index contributed by atoms with van der Waals surface area (Å²) < 4.78 is 0. The number of benzene rings is 3. The van der Waals surface area contributed by atoms with Crippen LogP contribution in [0.1, 0.15) is 43.9 Å². The van der Waals surface area contributed by atoms with Crippen molar-refractivity contribution in [1.82, 2.24) is 5.32 Å². The van der Waals surface area contributed by atoms with E-state index in [4.69, 9.17) is 12.2 Å². The van der Waals surface area contributed by atoms with Crippen LogP contribution in [0.3, 0.4) is 0 Å². The lowest BCUT2D eigenvalue weighted by molar-refractivity contribution is 0.438. The van der Waals surface area contributed by atoms with E-state index in [9.17, 15) is 0 Å². The van der Waals surface area contributed by atoms with Crippen molar-refractivity contribution >= 4 is 40.5 Å². The van der Waals surface area contributed by atoms with Crippen LogP contribution in [0.15, 0.2) is 83.8 Å². The zero-order chi connectivity index (χ0) is 23.0. The molecular formula is C28H33N3S2. The average molecular weight is 476 g/mol. The lowest BCUT2D eigenvalue weighted by Gasteiger charge is -2.32. The van der Waals surface area contributed by atoms with Crippen LogP contribution < -0.4 is 15.5 Å². The molecular weight excluding hydrogens is 442 g/mol. The van der Waals surface area contributed by atoms with Gasteiger partial charge in [0.05, 0.1) is 6.04 Å². The van der Waals surface area contributed by atoms with Gasteiger partial charge in [0.25, 0.3) is 0 Å². The van der Waals surface area contributed by atoms with E-state index < -0.39 is 0 Å². The molecule has 1 aliphatic rings. The molecule has 1 aliphatic heterocycles. The van der Waals surface area contributed by atoms with Gasteiger partial charge in [-0.3, -0.25) is 0 Å². The summed E-state index contributed by atoms with van der Waals surface area (Å²) in [5, 5.41) is 7.37. The minimum atomic E-state index is 0.141. The fourth-order valence-electron chi connectivity index (χ4n) is 4.06. The number of anilines is 2. The Kier molecular flexibility index (Phi) is 8.30. The quantitative estimate of drug-likeness (QED) is 0.277. The summed E-state index contributed by atoms with van der Waals surface area (Å²) in [5.41, 5.74) is 4.86. The molecule has 1 atom stereocenters. The molecule has 0 bridgehead atoms. The molecule has 0 saturated carbocycles. The Morgan fingerprint density at radius 1 is 0.970 bits per heavy atom. The molecule has 0 aromatic heterocycles. The van der Waals surface area contributed by atoms with Crippen LogP contribution in [0.4, 0.5) is 11.4 Å². The first-order valence-electron chi connectivity index (χ1n) is 11.8. The minimum Gasteiger partial charge on any atom is -0.372 e. The Hall–Kier alpha value is -2.50. The van der Waals surface area contributed by atoms with E-state index in [1.165, 1.54) is 34.6 Å². The third kappa shape index (κ3) is 6.99. The Bertz CT molecular complexity index is 1010. The summed E-state index contributed by atoms with van der Waals surface area (Å²) in [4.78, 5) is 3.79. The van der Waals surface area contributed by atoms with E-state index in [1.54, 1.807) is 0 Å². The molecule has 0 aliphatic carbocycles. The van der Waals surface area contributed by atoms with Gasteiger partial charge in [-0.05, 0) is 85.4 Å². The van der Waals surface area contributed by atoms with Gasteiger partial charge < -0.3 is 15.5 Å². The lowest BCUT2D eigenvalue weighted by atomic mass is 9.98. The van der Waals surface area contributed by atoms with Crippen LogP contribution in [0.2, 0.25) is 0 Å². The normalized spacial score (nSPS) is 15.2. The van der Waals surface area contributed by atoms with Crippen molar-refractivity contribution in [3.05, 3.63) is 90.0 Å². The van der Waals surface area contributed by atoms with Crippen molar-refractivity contribution in [2.45, 2.75) is 43.4 Å². The number of nitrogens with one attached hydrogen (secondary N) is 2. The number of thiocarbonyl (C=S) groups is 1. The third-order valence-electron chi connectivity index (χ3n) is 6.25. The number of thioether (sulfide) groups is 1. The van der Waals surface area contributed by atoms with Crippen molar-refractivity contribution in [3.8, 4) is 0 Å². The fraction of sp³-hybridized carbons (Fsp3) is 0.321. The van der Waals surface area contributed by atoms with Gasteiger partial charge in [-0.2, -0.15) is 0 Å². The van der Waals surface area contributed by atoms with E-state index >= 15 is 0 Å². The number of hydrogen-bond acceptors (Lipinski definition) is 3. The molecule has 0 spiro atoms. The maximum absolute atomic E-state index is 5.56. The molecule has 2 N–H and O–H groups in total. The maximum atomic E-state index is 5.56. The molecule has 172 valence electrons. The molecule has 5 heteroatoms. The molecule has 0 radical (unpaired) electrons. The predicted octanol–water partition coefficient (Wildman–Crippen LogP) is 7.26. The van der Waals surface area contributed by atoms with Gasteiger partial charge in [0.1, 0.15) is 0 Å². The highest BCUT2D eigenvalue weighted by Crippen LogP contribution is 2.25. The standard InChI is InChI=1S/C28H33N3S2/c1-21-16-18-31(19-17-21)26-14-10-24(11-15-26)22(2)29-28(32)30-25-12-8-23(9-13-25)20-33-27-6-4-3-5-7-27/h3-15,21-22H,16-20H2,1-2H3,(H2,29,30,32). The van der Waals surface area contributed by atoms with E-state index in [-0.39, 0.29) is 6.04 Å². The summed E-state index contributed by atoms with van der Waals surface area (Å²) in [6.07, 6.45) is 2.57. The summed E-state index contributed by atoms with van der Waals surface area (Å²) in [6.45, 7) is 6.82. The topological polar surface area (TPSA) is 27.3 Å². The Morgan fingerprint density at radius 3 is 2.30 bits per heavy atom. The molecule has 4 rings (SSSR count). The van der Waals surface area contributed by atoms with Crippen LogP contribution >= 0.6 is 24.0 Å². The summed E-state index contributed by atoms with van der Waals surface area (Å²) >= 11 is 7.41. The lowest BCUT2D eigenvalue weighted by Crippen LogP contribution is -2.33. The number of rotatable bonds is 7. The molecule has 3 nitrogen and oxygen atoms in total. The molecule has 1 heterocycles. The van der Waals surface area contributed by atoms with Crippen molar-refractivity contribution in [3.63, 3.8) is 0 Å². The summed E-state index contributed by atoms with van der Waals surface area (Å²) in [6, 6.07) is 28.0. The van der Waals surface area contributed by atoms with Gasteiger partial charge in [-0.1, -0.05) is 49.4 Å². The second-order valence-corrected chi connectivity index (χ2v) is 10.3. The second-order valence-electron chi connectivity index (χ2n) is 8.88. The van der Waals surface area contributed by atoms with Gasteiger partial charge in [0.15, 0.2) is 5.11 Å². The first kappa shape index (κ1) is 23.7. The van der Waals surface area contributed by atoms with Crippen LogP contribution in [0.5, 0.6) is 0 Å². The van der Waals surface area contributed by atoms with Gasteiger partial charge in [-0.25, -0.2) is 0 Å². The first-order valence-corrected chi connectivity index (χ1v) is 13.2. The zero-order valence-corrected chi connectivity index (χ0v) is 21.1. The molecule has 3 aromatic carbocycles. The highest BCUT2D eigenvalue weighted by atomic mass is 32.2. The van der Waals surface area contributed by atoms with E-state index in [2.05, 4.69) is 102 Å². The highest BCUT2D eigenvalue weighted by Gasteiger charge is 2.16. The highest BCUT2D eigenvalue weighted by molar-refractivity contribution is 7.98. The minimum absolute atomic E-state index is 0.141. The van der Waals surface area contributed by atoms with Crippen molar-refractivity contribution in [1.29, 1.82) is 0 Å². The second kappa shape index (κ2) is 11.6. The summed E-state index contributed by atoms with van der Waals surface area (Å²) in [7, 11) is 0. The largest absolute Gasteiger partial charge is 0.372 e. The maximum Gasteiger partial charge on any atom is 0.171 e. The van der Waals surface area contributed by atoms with Crippen LogP contribution in [-0.2, 0) is 5.75 Å². The predicted molar refractivity (Wildman–Crippen MR) is 147 cm³/mol. The number of piperidine rings is 1. The molecule has 33 heavy (non-hydrogen) atoms. The fourth-order valence-corrected chi connectivity index (χ4v) is 5.23. The van der Waals surface area contributed by atoms with Gasteiger partial charge in [-0.15, -0.1) is 11.8 Å². The monoisotopic (exact) mass is 475 g/mol. The summed E-state index contributed by atoms with van der Waals surface area (Å²) in [5.74, 6) is 1.80. The zero-order valence-electron chi connectivity index (χ0n) is 19.5. The van der Waals surface area contributed by atoms with Crippen molar-refractivity contribution in [2.24, 2.45) is 5.92 Å². The number of nitrogens with zero attached hydrogens (tertiary/aromatic N) is 1. The molecule has 3 aromatic rings. The van der Waals surface area contributed by atoms with Crippen molar-refractivity contribution < 1.29 is 0 Å². The number of hydrogen-bond donors (Lipinski definition) is 2. The molecule has 1 fully saturated rings. The van der Waals surface area contributed by atoms with E-state index in [1.807, 2.05) is 17.8 Å². The van der Waals surface area contributed by atoms with E-state index in [0.29, 0.717) is 5.11 Å². The first-order chi connectivity index (χ1) is 16.1. The average Bonchev–Trinajstić information content (AvgIpc) is 2.85. The third-order valence-corrected chi connectivity index (χ3v) is 7.55. The van der Waals surface area contributed by atoms with Crippen LogP contribution in [-0.4, -0.2) is 18.2 Å². The Labute approximate surface area is 208 Å². The Morgan fingerprint density at radius 2 is 1.64 bits per heavy atom. The van der Waals surface area contributed by atoms with Gasteiger partial charge >= 0.3 is 0 Å². The van der Waals surface area contributed by atoms with Gasteiger partial charge in [0.2, 0.25) is 0 Å². The molecule has 1 unspecified atom stereocenters. The van der Waals surface area contributed by atoms with Crippen LogP contribution in [0, 0.1) is 5.92 Å². The van der Waals surface area contributed by atoms with Gasteiger partial charge in [0, 0.05) is 35.1 Å². The molecule has 1 saturated heterocycles. The molecule has 0 amide bonds. The SMILES string of the molecule is CC1CCN(c2ccc(C(C)NC(=S)Nc3ccc(CSc4ccccc4)cc3)cc2)CC1. The Balaban J connectivity index is 1.25. The van der Waals surface area contributed by atoms with Crippen LogP contribution in [0.25, 0.3) is 0 Å².